The fraction of sp³-hybridized carbons (Fsp3) is 0.235. The summed E-state index contributed by atoms with van der Waals surface area (Å²) in [4.78, 5) is 36.8. The van der Waals surface area contributed by atoms with Gasteiger partial charge in [0.2, 0.25) is 5.88 Å². The molecule has 6 rings (SSSR count). The molecule has 0 spiro atoms. The minimum atomic E-state index is -1.07. The second kappa shape index (κ2) is 13.7. The molecule has 2 aromatic carbocycles. The van der Waals surface area contributed by atoms with Crippen LogP contribution in [0.2, 0.25) is 0 Å². The number of rotatable bonds is 12. The van der Waals surface area contributed by atoms with E-state index < -0.39 is 23.5 Å². The zero-order chi connectivity index (χ0) is 32.9. The molecule has 13 heteroatoms. The monoisotopic (exact) mass is 638 g/mol. The number of carbonyl (C=O) groups excluding carboxylic acids is 1. The average molecular weight is 639 g/mol. The molecule has 1 aliphatic heterocycles. The highest BCUT2D eigenvalue weighted by atomic mass is 19.1. The predicted octanol–water partition coefficient (Wildman–Crippen LogP) is 5.07. The molecule has 0 bridgehead atoms. The molecule has 1 fully saturated rings. The summed E-state index contributed by atoms with van der Waals surface area (Å²) < 4.78 is 44.2. The van der Waals surface area contributed by atoms with Crippen molar-refractivity contribution in [2.75, 3.05) is 13.2 Å². The quantitative estimate of drug-likeness (QED) is 0.178. The molecule has 47 heavy (non-hydrogen) atoms. The number of imidazole rings is 1. The molecule has 0 unspecified atom stereocenters. The first-order valence-corrected chi connectivity index (χ1v) is 14.8. The number of nitrogens with one attached hydrogen (secondary N) is 1. The zero-order valence-electron chi connectivity index (χ0n) is 25.0. The number of pyridine rings is 2. The Morgan fingerprint density at radius 1 is 1.11 bits per heavy atom. The number of aromatic nitrogens is 4. The van der Waals surface area contributed by atoms with Crippen LogP contribution in [0.1, 0.15) is 50.6 Å². The Hall–Kier alpha value is -5.74. The Bertz CT molecular complexity index is 2000. The largest absolute Gasteiger partial charge is 0.478 e. The van der Waals surface area contributed by atoms with E-state index >= 15 is 8.78 Å². The van der Waals surface area contributed by atoms with Crippen LogP contribution in [0.3, 0.4) is 0 Å². The summed E-state index contributed by atoms with van der Waals surface area (Å²) in [5, 5.41) is 20.7. The minimum Gasteiger partial charge on any atom is -0.478 e. The summed E-state index contributed by atoms with van der Waals surface area (Å²) in [5.41, 5.74) is 2.29. The van der Waals surface area contributed by atoms with Gasteiger partial charge in [-0.2, -0.15) is 5.26 Å². The van der Waals surface area contributed by atoms with E-state index in [1.165, 1.54) is 24.4 Å². The lowest BCUT2D eigenvalue weighted by Gasteiger charge is -2.27. The molecule has 1 saturated heterocycles. The van der Waals surface area contributed by atoms with Crippen molar-refractivity contribution >= 4 is 22.9 Å². The molecule has 5 aromatic rings. The molecule has 238 valence electrons. The van der Waals surface area contributed by atoms with Gasteiger partial charge in [-0.1, -0.05) is 12.1 Å². The molecular formula is C34H28F2N6O5. The molecule has 3 aromatic heterocycles. The minimum absolute atomic E-state index is 0.0300. The number of carbonyl (C=O) groups is 2. The number of fused-ring (bicyclic) bond motifs is 1. The fourth-order valence-electron chi connectivity index (χ4n) is 5.14. The van der Waals surface area contributed by atoms with Crippen LogP contribution in [0.4, 0.5) is 8.78 Å². The number of aromatic carboxylic acids is 1. The highest BCUT2D eigenvalue weighted by Gasteiger charge is 2.24. The van der Waals surface area contributed by atoms with Crippen LogP contribution in [-0.2, 0) is 24.3 Å². The van der Waals surface area contributed by atoms with Crippen LogP contribution in [0.25, 0.3) is 22.3 Å². The summed E-state index contributed by atoms with van der Waals surface area (Å²) >= 11 is 0. The molecule has 11 nitrogen and oxygen atoms in total. The van der Waals surface area contributed by atoms with Crippen LogP contribution < -0.4 is 10.1 Å². The molecule has 1 atom stereocenters. The molecule has 4 heterocycles. The summed E-state index contributed by atoms with van der Waals surface area (Å²) in [6, 6.07) is 16.7. The van der Waals surface area contributed by atoms with Gasteiger partial charge >= 0.3 is 5.97 Å². The molecule has 2 N–H and O–H groups in total. The van der Waals surface area contributed by atoms with Gasteiger partial charge in [-0.05, 0) is 54.4 Å². The van der Waals surface area contributed by atoms with Crippen molar-refractivity contribution in [2.24, 2.45) is 0 Å². The third-order valence-electron chi connectivity index (χ3n) is 7.70. The van der Waals surface area contributed by atoms with Gasteiger partial charge in [-0.3, -0.25) is 9.78 Å². The normalized spacial score (nSPS) is 13.9. The van der Waals surface area contributed by atoms with Gasteiger partial charge in [0, 0.05) is 43.0 Å². The summed E-state index contributed by atoms with van der Waals surface area (Å²) in [6.07, 6.45) is 2.40. The van der Waals surface area contributed by atoms with E-state index in [1.807, 2.05) is 10.6 Å². The first-order valence-electron chi connectivity index (χ1n) is 14.8. The molecular weight excluding hydrogens is 610 g/mol. The summed E-state index contributed by atoms with van der Waals surface area (Å²) in [5.74, 6) is -2.16. The maximum Gasteiger partial charge on any atom is 0.335 e. The average Bonchev–Trinajstić information content (AvgIpc) is 3.39. The number of benzene rings is 2. The summed E-state index contributed by atoms with van der Waals surface area (Å²) in [7, 11) is 0. The third kappa shape index (κ3) is 7.08. The number of halogens is 2. The van der Waals surface area contributed by atoms with E-state index in [4.69, 9.17) is 14.7 Å². The van der Waals surface area contributed by atoms with Gasteiger partial charge in [-0.15, -0.1) is 0 Å². The van der Waals surface area contributed by atoms with Crippen LogP contribution in [-0.4, -0.2) is 55.8 Å². The van der Waals surface area contributed by atoms with Crippen molar-refractivity contribution < 1.29 is 33.0 Å². The van der Waals surface area contributed by atoms with Gasteiger partial charge in [0.25, 0.3) is 5.91 Å². The van der Waals surface area contributed by atoms with Crippen molar-refractivity contribution in [2.45, 2.75) is 38.5 Å². The lowest BCUT2D eigenvalue weighted by Crippen LogP contribution is -2.31. The van der Waals surface area contributed by atoms with Crippen molar-refractivity contribution in [1.82, 2.24) is 24.8 Å². The van der Waals surface area contributed by atoms with Gasteiger partial charge in [0.15, 0.2) is 0 Å². The Balaban J connectivity index is 1.18. The van der Waals surface area contributed by atoms with E-state index in [0.29, 0.717) is 35.6 Å². The highest BCUT2D eigenvalue weighted by molar-refractivity contribution is 5.93. The number of nitriles is 1. The standard InChI is InChI=1S/C34H28F2N6O5/c35-25-16-24(27-3-1-4-32(41-27)47-19-20-5-7-29(39-17-20)33(43)38-11-2-10-37)26(36)13-22(25)15-31-40-28-8-6-21(34(44)45)14-30(28)42(31)18-23-9-12-46-23/h1,3-8,13-14,16-17,23H,2,9,11-12,15,18-19H2,(H,38,43)(H,44,45)/t23-/m0/s1. The fourth-order valence-corrected chi connectivity index (χ4v) is 5.14. The van der Waals surface area contributed by atoms with Crippen molar-refractivity contribution in [1.29, 1.82) is 5.26 Å². The van der Waals surface area contributed by atoms with E-state index in [9.17, 15) is 14.7 Å². The van der Waals surface area contributed by atoms with Gasteiger partial charge < -0.3 is 24.5 Å². The maximum absolute atomic E-state index is 15.5. The number of carboxylic acid groups (broad SMARTS) is 1. The maximum atomic E-state index is 15.5. The predicted molar refractivity (Wildman–Crippen MR) is 165 cm³/mol. The number of amides is 1. The van der Waals surface area contributed by atoms with Crippen LogP contribution >= 0.6 is 0 Å². The van der Waals surface area contributed by atoms with Crippen LogP contribution in [0.5, 0.6) is 5.88 Å². The van der Waals surface area contributed by atoms with Gasteiger partial charge in [-0.25, -0.2) is 23.5 Å². The Morgan fingerprint density at radius 2 is 1.96 bits per heavy atom. The van der Waals surface area contributed by atoms with Crippen molar-refractivity contribution in [3.8, 4) is 23.2 Å². The first kappa shape index (κ1) is 31.3. The Labute approximate surface area is 267 Å². The SMILES string of the molecule is N#CCCNC(=O)c1ccc(COc2cccc(-c3cc(F)c(Cc4nc5ccc(C(=O)O)cc5n4C[C@@H]4CCO4)cc3F)n2)cn1. The smallest absolute Gasteiger partial charge is 0.335 e. The number of carboxylic acids is 1. The van der Waals surface area contributed by atoms with Crippen LogP contribution in [0, 0.1) is 23.0 Å². The summed E-state index contributed by atoms with van der Waals surface area (Å²) in [6.45, 7) is 1.33. The Kier molecular flexibility index (Phi) is 9.12. The molecule has 0 saturated carbocycles. The van der Waals surface area contributed by atoms with E-state index in [2.05, 4.69) is 20.3 Å². The lowest BCUT2D eigenvalue weighted by molar-refractivity contribution is -0.0589. The number of ether oxygens (including phenoxy) is 2. The lowest BCUT2D eigenvalue weighted by atomic mass is 10.0. The zero-order valence-corrected chi connectivity index (χ0v) is 25.0. The van der Waals surface area contributed by atoms with Gasteiger partial charge in [0.05, 0.1) is 47.4 Å². The molecule has 1 amide bonds. The van der Waals surface area contributed by atoms with Crippen LogP contribution in [0.15, 0.2) is 66.9 Å². The van der Waals surface area contributed by atoms with Crippen molar-refractivity contribution in [3.05, 3.63) is 107 Å². The number of hydrogen-bond acceptors (Lipinski definition) is 8. The molecule has 0 aliphatic carbocycles. The molecule has 0 radical (unpaired) electrons. The first-order chi connectivity index (χ1) is 22.8. The van der Waals surface area contributed by atoms with Crippen molar-refractivity contribution in [3.63, 3.8) is 0 Å². The second-order valence-corrected chi connectivity index (χ2v) is 10.9. The number of nitrogens with zero attached hydrogens (tertiary/aromatic N) is 5. The topological polar surface area (TPSA) is 152 Å². The van der Waals surface area contributed by atoms with Gasteiger partial charge in [0.1, 0.15) is 29.8 Å². The second-order valence-electron chi connectivity index (χ2n) is 10.9. The third-order valence-corrected chi connectivity index (χ3v) is 7.70. The molecule has 1 aliphatic rings. The number of hydrogen-bond donors (Lipinski definition) is 2. The van der Waals surface area contributed by atoms with E-state index in [0.717, 1.165) is 18.6 Å². The Morgan fingerprint density at radius 3 is 2.68 bits per heavy atom. The van der Waals surface area contributed by atoms with E-state index in [1.54, 1.807) is 30.3 Å². The van der Waals surface area contributed by atoms with E-state index in [-0.39, 0.29) is 66.1 Å². The highest BCUT2D eigenvalue weighted by Crippen LogP contribution is 2.29.